The Morgan fingerprint density at radius 1 is 1.36 bits per heavy atom. The van der Waals surface area contributed by atoms with E-state index in [4.69, 9.17) is 4.74 Å². The Morgan fingerprint density at radius 2 is 2.28 bits per heavy atom. The van der Waals surface area contributed by atoms with Crippen molar-refractivity contribution in [2.24, 2.45) is 0 Å². The number of ether oxygens (including phenoxy) is 1. The Bertz CT molecular complexity index is 896. The van der Waals surface area contributed by atoms with Crippen LogP contribution >= 0.6 is 11.3 Å². The van der Waals surface area contributed by atoms with Crippen LogP contribution in [0.3, 0.4) is 0 Å². The second kappa shape index (κ2) is 6.78. The number of carbonyl (C=O) groups excluding carboxylic acids is 1. The molecule has 1 fully saturated rings. The van der Waals surface area contributed by atoms with Crippen LogP contribution in [0.15, 0.2) is 36.4 Å². The van der Waals surface area contributed by atoms with Crippen molar-refractivity contribution in [3.8, 4) is 11.4 Å². The molecule has 128 valence electrons. The molecule has 0 spiro atoms. The van der Waals surface area contributed by atoms with Gasteiger partial charge in [-0.2, -0.15) is 5.10 Å². The molecule has 7 heteroatoms. The van der Waals surface area contributed by atoms with E-state index < -0.39 is 0 Å². The van der Waals surface area contributed by atoms with E-state index in [0.717, 1.165) is 41.4 Å². The predicted octanol–water partition coefficient (Wildman–Crippen LogP) is 3.95. The number of anilines is 1. The van der Waals surface area contributed by atoms with Crippen molar-refractivity contribution in [3.05, 3.63) is 52.0 Å². The number of hydrogen-bond donors (Lipinski definition) is 2. The zero-order chi connectivity index (χ0) is 17.2. The summed E-state index contributed by atoms with van der Waals surface area (Å²) in [6.07, 6.45) is 2.25. The van der Waals surface area contributed by atoms with Gasteiger partial charge in [0.25, 0.3) is 5.91 Å². The molecule has 1 saturated heterocycles. The van der Waals surface area contributed by atoms with Gasteiger partial charge in [-0.1, -0.05) is 12.1 Å². The molecular weight excluding hydrogens is 336 g/mol. The molecule has 2 aromatic heterocycles. The van der Waals surface area contributed by atoms with E-state index in [1.165, 1.54) is 11.3 Å². The van der Waals surface area contributed by atoms with E-state index in [1.807, 2.05) is 43.3 Å². The van der Waals surface area contributed by atoms with Gasteiger partial charge in [0.15, 0.2) is 5.82 Å². The first kappa shape index (κ1) is 16.0. The molecule has 6 nitrogen and oxygen atoms in total. The monoisotopic (exact) mass is 354 g/mol. The highest BCUT2D eigenvalue weighted by Gasteiger charge is 2.21. The molecule has 1 aliphatic rings. The number of aromatic nitrogens is 3. The molecule has 1 unspecified atom stereocenters. The molecule has 0 saturated carbocycles. The first-order chi connectivity index (χ1) is 12.2. The van der Waals surface area contributed by atoms with Crippen molar-refractivity contribution in [1.82, 2.24) is 15.2 Å². The minimum Gasteiger partial charge on any atom is -0.373 e. The minimum atomic E-state index is -0.113. The van der Waals surface area contributed by atoms with Crippen molar-refractivity contribution >= 4 is 22.9 Å². The summed E-state index contributed by atoms with van der Waals surface area (Å²) in [5.74, 6) is 1.26. The maximum atomic E-state index is 12.5. The van der Waals surface area contributed by atoms with Gasteiger partial charge in [-0.05, 0) is 44.0 Å². The summed E-state index contributed by atoms with van der Waals surface area (Å²) in [5.41, 5.74) is 1.57. The normalized spacial score (nSPS) is 16.9. The molecule has 1 amide bonds. The number of aryl methyl sites for hydroxylation is 1. The van der Waals surface area contributed by atoms with Gasteiger partial charge in [0.2, 0.25) is 0 Å². The van der Waals surface area contributed by atoms with Gasteiger partial charge in [-0.25, -0.2) is 4.98 Å². The smallest absolute Gasteiger partial charge is 0.265 e. The molecule has 1 aliphatic heterocycles. The van der Waals surface area contributed by atoms with Crippen LogP contribution in [0.5, 0.6) is 0 Å². The van der Waals surface area contributed by atoms with Crippen LogP contribution in [0.4, 0.5) is 5.69 Å². The van der Waals surface area contributed by atoms with Crippen LogP contribution in [0.25, 0.3) is 11.4 Å². The van der Waals surface area contributed by atoms with Crippen LogP contribution in [0, 0.1) is 6.92 Å². The van der Waals surface area contributed by atoms with Gasteiger partial charge in [-0.3, -0.25) is 9.89 Å². The number of thiophene rings is 1. The number of hydrogen-bond acceptors (Lipinski definition) is 5. The van der Waals surface area contributed by atoms with Gasteiger partial charge >= 0.3 is 0 Å². The van der Waals surface area contributed by atoms with E-state index in [1.54, 1.807) is 0 Å². The first-order valence-corrected chi connectivity index (χ1v) is 9.03. The van der Waals surface area contributed by atoms with Crippen LogP contribution in [-0.2, 0) is 4.74 Å². The lowest BCUT2D eigenvalue weighted by molar-refractivity contribution is 0.103. The van der Waals surface area contributed by atoms with Crippen molar-refractivity contribution in [3.63, 3.8) is 0 Å². The standard InChI is InChI=1S/C18H18N4O2S/c1-11-19-17(22-21-11)12-4-2-5-13(10-12)20-18(23)16-8-7-15(25-16)14-6-3-9-24-14/h2,4-5,7-8,10,14H,3,6,9H2,1H3,(H,20,23)(H,19,21,22). The van der Waals surface area contributed by atoms with E-state index in [0.29, 0.717) is 10.7 Å². The third-order valence-electron chi connectivity index (χ3n) is 4.07. The van der Waals surface area contributed by atoms with E-state index in [2.05, 4.69) is 20.5 Å². The third-order valence-corrected chi connectivity index (χ3v) is 5.25. The molecule has 4 rings (SSSR count). The molecule has 25 heavy (non-hydrogen) atoms. The maximum absolute atomic E-state index is 12.5. The molecule has 3 aromatic rings. The Morgan fingerprint density at radius 3 is 3.04 bits per heavy atom. The van der Waals surface area contributed by atoms with Crippen molar-refractivity contribution < 1.29 is 9.53 Å². The fraction of sp³-hybridized carbons (Fsp3) is 0.278. The molecule has 2 N–H and O–H groups in total. The fourth-order valence-electron chi connectivity index (χ4n) is 2.85. The first-order valence-electron chi connectivity index (χ1n) is 8.21. The van der Waals surface area contributed by atoms with Gasteiger partial charge < -0.3 is 10.1 Å². The summed E-state index contributed by atoms with van der Waals surface area (Å²) in [5, 5.41) is 9.92. The Kier molecular flexibility index (Phi) is 4.33. The number of H-pyrrole nitrogens is 1. The summed E-state index contributed by atoms with van der Waals surface area (Å²) < 4.78 is 5.68. The predicted molar refractivity (Wildman–Crippen MR) is 96.8 cm³/mol. The molecular formula is C18H18N4O2S. The van der Waals surface area contributed by atoms with Crippen LogP contribution < -0.4 is 5.32 Å². The molecule has 0 aliphatic carbocycles. The number of aromatic amines is 1. The SMILES string of the molecule is Cc1nc(-c2cccc(NC(=O)c3ccc(C4CCCO4)s3)c2)n[nH]1. The molecule has 1 aromatic carbocycles. The Labute approximate surface area is 149 Å². The van der Waals surface area contributed by atoms with E-state index in [9.17, 15) is 4.79 Å². The Hall–Kier alpha value is -2.51. The molecule has 1 atom stereocenters. The number of nitrogens with zero attached hydrogens (tertiary/aromatic N) is 2. The highest BCUT2D eigenvalue weighted by atomic mass is 32.1. The fourth-order valence-corrected chi connectivity index (χ4v) is 3.84. The van der Waals surface area contributed by atoms with E-state index in [-0.39, 0.29) is 12.0 Å². The molecule has 0 radical (unpaired) electrons. The molecule has 0 bridgehead atoms. The average molecular weight is 354 g/mol. The largest absolute Gasteiger partial charge is 0.373 e. The highest BCUT2D eigenvalue weighted by Crippen LogP contribution is 2.33. The lowest BCUT2D eigenvalue weighted by Crippen LogP contribution is -2.10. The minimum absolute atomic E-state index is 0.113. The van der Waals surface area contributed by atoms with Crippen LogP contribution in [-0.4, -0.2) is 27.7 Å². The van der Waals surface area contributed by atoms with Gasteiger partial charge in [0.1, 0.15) is 5.82 Å². The summed E-state index contributed by atoms with van der Waals surface area (Å²) in [6, 6.07) is 11.4. The van der Waals surface area contributed by atoms with Crippen molar-refractivity contribution in [1.29, 1.82) is 0 Å². The topological polar surface area (TPSA) is 79.9 Å². The third kappa shape index (κ3) is 3.47. The van der Waals surface area contributed by atoms with Gasteiger partial charge in [0.05, 0.1) is 11.0 Å². The zero-order valence-corrected chi connectivity index (χ0v) is 14.6. The number of rotatable bonds is 4. The lowest BCUT2D eigenvalue weighted by atomic mass is 10.2. The van der Waals surface area contributed by atoms with Crippen LogP contribution in [0.1, 0.15) is 39.3 Å². The maximum Gasteiger partial charge on any atom is 0.265 e. The van der Waals surface area contributed by atoms with Gasteiger partial charge in [0, 0.05) is 22.7 Å². The quantitative estimate of drug-likeness (QED) is 0.743. The number of carbonyl (C=O) groups is 1. The summed E-state index contributed by atoms with van der Waals surface area (Å²) >= 11 is 1.49. The Balaban J connectivity index is 1.49. The van der Waals surface area contributed by atoms with Crippen molar-refractivity contribution in [2.45, 2.75) is 25.9 Å². The average Bonchev–Trinajstić information content (AvgIpc) is 3.36. The number of benzene rings is 1. The summed E-state index contributed by atoms with van der Waals surface area (Å²) in [6.45, 7) is 2.65. The summed E-state index contributed by atoms with van der Waals surface area (Å²) in [4.78, 5) is 18.6. The summed E-state index contributed by atoms with van der Waals surface area (Å²) in [7, 11) is 0. The second-order valence-corrected chi connectivity index (χ2v) is 7.10. The number of amides is 1. The number of nitrogens with one attached hydrogen (secondary N) is 2. The highest BCUT2D eigenvalue weighted by molar-refractivity contribution is 7.14. The van der Waals surface area contributed by atoms with E-state index >= 15 is 0 Å². The zero-order valence-electron chi connectivity index (χ0n) is 13.8. The lowest BCUT2D eigenvalue weighted by Gasteiger charge is -2.06. The van der Waals surface area contributed by atoms with Crippen LogP contribution in [0.2, 0.25) is 0 Å². The second-order valence-electron chi connectivity index (χ2n) is 5.98. The van der Waals surface area contributed by atoms with Gasteiger partial charge in [-0.15, -0.1) is 11.3 Å². The molecule has 3 heterocycles. The van der Waals surface area contributed by atoms with Crippen molar-refractivity contribution in [2.75, 3.05) is 11.9 Å².